The molecule has 0 aliphatic carbocycles. The third kappa shape index (κ3) is 2.77. The van der Waals surface area contributed by atoms with Crippen molar-refractivity contribution in [1.82, 2.24) is 19.3 Å². The van der Waals surface area contributed by atoms with Gasteiger partial charge in [-0.2, -0.15) is 16.9 Å². The second-order valence-corrected chi connectivity index (χ2v) is 6.08. The van der Waals surface area contributed by atoms with Gasteiger partial charge in [0.2, 0.25) is 0 Å². The lowest BCUT2D eigenvalue weighted by molar-refractivity contribution is 0.515. The number of rotatable bonds is 6. The third-order valence-corrected chi connectivity index (χ3v) is 4.38. The Morgan fingerprint density at radius 1 is 1.42 bits per heavy atom. The summed E-state index contributed by atoms with van der Waals surface area (Å²) < 4.78 is 4.27. The van der Waals surface area contributed by atoms with Gasteiger partial charge in [0.1, 0.15) is 11.3 Å². The van der Waals surface area contributed by atoms with E-state index in [0.717, 1.165) is 41.5 Å². The van der Waals surface area contributed by atoms with E-state index >= 15 is 0 Å². The van der Waals surface area contributed by atoms with Crippen LogP contribution in [0.15, 0.2) is 0 Å². The number of alkyl halides is 1. The molecular formula is C13H21ClN4S. The quantitative estimate of drug-likeness (QED) is 0.768. The first-order chi connectivity index (χ1) is 9.12. The SMILES string of the molecule is CCn1nc(C)c2nc(CCl)n(CC(C)CSC)c21. The summed E-state index contributed by atoms with van der Waals surface area (Å²) in [5.41, 5.74) is 3.09. The molecule has 6 heteroatoms. The summed E-state index contributed by atoms with van der Waals surface area (Å²) in [5, 5.41) is 4.54. The molecule has 0 spiro atoms. The first-order valence-electron chi connectivity index (χ1n) is 6.59. The standard InChI is InChI=1S/C13H21ClN4S/c1-5-18-13-12(10(3)16-18)15-11(6-14)17(13)7-9(2)8-19-4/h9H,5-8H2,1-4H3. The van der Waals surface area contributed by atoms with E-state index in [-0.39, 0.29) is 0 Å². The molecule has 1 atom stereocenters. The van der Waals surface area contributed by atoms with E-state index in [0.29, 0.717) is 11.8 Å². The fourth-order valence-corrected chi connectivity index (χ4v) is 3.31. The maximum atomic E-state index is 6.05. The third-order valence-electron chi connectivity index (χ3n) is 3.24. The Balaban J connectivity index is 2.49. The summed E-state index contributed by atoms with van der Waals surface area (Å²) >= 11 is 7.93. The first kappa shape index (κ1) is 14.7. The smallest absolute Gasteiger partial charge is 0.158 e. The van der Waals surface area contributed by atoms with Crippen LogP contribution < -0.4 is 0 Å². The predicted molar refractivity (Wildman–Crippen MR) is 83.0 cm³/mol. The molecule has 1 unspecified atom stereocenters. The van der Waals surface area contributed by atoms with Crippen molar-refractivity contribution in [1.29, 1.82) is 0 Å². The Morgan fingerprint density at radius 2 is 2.16 bits per heavy atom. The topological polar surface area (TPSA) is 35.6 Å². The van der Waals surface area contributed by atoms with Crippen LogP contribution in [0.25, 0.3) is 11.2 Å². The summed E-state index contributed by atoms with van der Waals surface area (Å²) in [4.78, 5) is 4.65. The fraction of sp³-hybridized carbons (Fsp3) is 0.692. The Kier molecular flexibility index (Phi) is 4.79. The molecule has 0 aliphatic heterocycles. The number of hydrogen-bond acceptors (Lipinski definition) is 3. The molecule has 19 heavy (non-hydrogen) atoms. The molecule has 0 amide bonds. The molecule has 0 radical (unpaired) electrons. The molecule has 2 aromatic heterocycles. The van der Waals surface area contributed by atoms with Crippen LogP contribution in [0.3, 0.4) is 0 Å². The highest BCUT2D eigenvalue weighted by molar-refractivity contribution is 7.98. The molecule has 0 aliphatic rings. The second kappa shape index (κ2) is 6.18. The maximum Gasteiger partial charge on any atom is 0.158 e. The summed E-state index contributed by atoms with van der Waals surface area (Å²) in [5.74, 6) is 3.13. The van der Waals surface area contributed by atoms with Gasteiger partial charge in [-0.25, -0.2) is 9.67 Å². The van der Waals surface area contributed by atoms with Gasteiger partial charge in [-0.1, -0.05) is 6.92 Å². The van der Waals surface area contributed by atoms with Gasteiger partial charge in [-0.3, -0.25) is 0 Å². The average molecular weight is 301 g/mol. The highest BCUT2D eigenvalue weighted by Crippen LogP contribution is 2.22. The van der Waals surface area contributed by atoms with Crippen LogP contribution in [0, 0.1) is 12.8 Å². The Labute approximate surface area is 123 Å². The molecule has 0 saturated heterocycles. The maximum absolute atomic E-state index is 6.05. The average Bonchev–Trinajstić information content (AvgIpc) is 2.89. The van der Waals surface area contributed by atoms with E-state index < -0.39 is 0 Å². The molecule has 0 saturated carbocycles. The van der Waals surface area contributed by atoms with E-state index in [2.05, 4.69) is 34.8 Å². The van der Waals surface area contributed by atoms with Gasteiger partial charge >= 0.3 is 0 Å². The monoisotopic (exact) mass is 300 g/mol. The van der Waals surface area contributed by atoms with Crippen molar-refractivity contribution in [3.8, 4) is 0 Å². The van der Waals surface area contributed by atoms with Crippen molar-refractivity contribution in [2.45, 2.75) is 39.7 Å². The largest absolute Gasteiger partial charge is 0.312 e. The number of hydrogen-bond donors (Lipinski definition) is 0. The minimum atomic E-state index is 0.448. The molecular weight excluding hydrogens is 280 g/mol. The zero-order chi connectivity index (χ0) is 14.0. The van der Waals surface area contributed by atoms with E-state index in [1.165, 1.54) is 0 Å². The van der Waals surface area contributed by atoms with Gasteiger partial charge in [0, 0.05) is 13.1 Å². The van der Waals surface area contributed by atoms with Crippen LogP contribution in [0.2, 0.25) is 0 Å². The van der Waals surface area contributed by atoms with Crippen LogP contribution in [0.4, 0.5) is 0 Å². The van der Waals surface area contributed by atoms with E-state index in [1.807, 2.05) is 23.4 Å². The molecule has 2 heterocycles. The van der Waals surface area contributed by atoms with Crippen LogP contribution in [0.1, 0.15) is 25.4 Å². The molecule has 0 fully saturated rings. The number of thioether (sulfide) groups is 1. The second-order valence-electron chi connectivity index (χ2n) is 4.91. The summed E-state index contributed by atoms with van der Waals surface area (Å²) in [6.07, 6.45) is 2.14. The minimum Gasteiger partial charge on any atom is -0.312 e. The molecule has 4 nitrogen and oxygen atoms in total. The Hall–Kier alpha value is -0.680. The van der Waals surface area contributed by atoms with Gasteiger partial charge in [0.05, 0.1) is 11.6 Å². The zero-order valence-electron chi connectivity index (χ0n) is 12.0. The van der Waals surface area contributed by atoms with Gasteiger partial charge < -0.3 is 4.57 Å². The van der Waals surface area contributed by atoms with Crippen LogP contribution in [0.5, 0.6) is 0 Å². The molecule has 0 aromatic carbocycles. The summed E-state index contributed by atoms with van der Waals surface area (Å²) in [7, 11) is 0. The van der Waals surface area contributed by atoms with E-state index in [1.54, 1.807) is 0 Å². The van der Waals surface area contributed by atoms with Crippen molar-refractivity contribution in [3.05, 3.63) is 11.5 Å². The summed E-state index contributed by atoms with van der Waals surface area (Å²) in [6, 6.07) is 0. The number of aryl methyl sites for hydroxylation is 2. The molecule has 106 valence electrons. The number of imidazole rings is 1. The number of fused-ring (bicyclic) bond motifs is 1. The highest BCUT2D eigenvalue weighted by Gasteiger charge is 2.18. The van der Waals surface area contributed by atoms with Gasteiger partial charge in [0.15, 0.2) is 5.65 Å². The molecule has 0 N–H and O–H groups in total. The predicted octanol–water partition coefficient (Wildman–Crippen LogP) is 3.30. The minimum absolute atomic E-state index is 0.448. The number of halogens is 1. The first-order valence-corrected chi connectivity index (χ1v) is 8.52. The number of nitrogens with zero attached hydrogens (tertiary/aromatic N) is 4. The lowest BCUT2D eigenvalue weighted by atomic mass is 10.2. The van der Waals surface area contributed by atoms with Crippen molar-refractivity contribution < 1.29 is 0 Å². The van der Waals surface area contributed by atoms with Crippen LogP contribution >= 0.6 is 23.4 Å². The van der Waals surface area contributed by atoms with Gasteiger partial charge in [-0.05, 0) is 31.8 Å². The Bertz CT molecular complexity index is 560. The lowest BCUT2D eigenvalue weighted by Gasteiger charge is -2.14. The zero-order valence-corrected chi connectivity index (χ0v) is 13.6. The van der Waals surface area contributed by atoms with Gasteiger partial charge in [-0.15, -0.1) is 11.6 Å². The lowest BCUT2D eigenvalue weighted by Crippen LogP contribution is -2.14. The Morgan fingerprint density at radius 3 is 2.74 bits per heavy atom. The molecule has 2 aromatic rings. The van der Waals surface area contributed by atoms with Crippen LogP contribution in [-0.4, -0.2) is 31.3 Å². The van der Waals surface area contributed by atoms with E-state index in [9.17, 15) is 0 Å². The van der Waals surface area contributed by atoms with Gasteiger partial charge in [0.25, 0.3) is 0 Å². The van der Waals surface area contributed by atoms with E-state index in [4.69, 9.17) is 11.6 Å². The highest BCUT2D eigenvalue weighted by atomic mass is 35.5. The normalized spacial score (nSPS) is 13.3. The van der Waals surface area contributed by atoms with Crippen molar-refractivity contribution in [2.75, 3.05) is 12.0 Å². The van der Waals surface area contributed by atoms with Crippen molar-refractivity contribution in [3.63, 3.8) is 0 Å². The number of aromatic nitrogens is 4. The fourth-order valence-electron chi connectivity index (χ4n) is 2.43. The summed E-state index contributed by atoms with van der Waals surface area (Å²) in [6.45, 7) is 8.18. The van der Waals surface area contributed by atoms with Crippen molar-refractivity contribution in [2.24, 2.45) is 5.92 Å². The van der Waals surface area contributed by atoms with Crippen LogP contribution in [-0.2, 0) is 19.0 Å². The van der Waals surface area contributed by atoms with Crippen molar-refractivity contribution >= 4 is 34.5 Å². The molecule has 2 rings (SSSR count). The molecule has 0 bridgehead atoms.